The topological polar surface area (TPSA) is 66.9 Å². The number of piperidine rings is 1. The molecule has 8 heteroatoms. The summed E-state index contributed by atoms with van der Waals surface area (Å²) in [5, 5.41) is 0. The maximum atomic E-state index is 13.4. The lowest BCUT2D eigenvalue weighted by molar-refractivity contribution is -0.134. The smallest absolute Gasteiger partial charge is 0.243 e. The highest BCUT2D eigenvalue weighted by molar-refractivity contribution is 7.89. The molecular weight excluding hydrogens is 479 g/mol. The molecule has 3 aromatic carbocycles. The monoisotopic (exact) mass is 510 g/mol. The van der Waals surface area contributed by atoms with E-state index in [0.717, 1.165) is 17.7 Å². The maximum Gasteiger partial charge on any atom is 0.243 e. The summed E-state index contributed by atoms with van der Waals surface area (Å²) in [5.41, 5.74) is 0.315. The Labute approximate surface area is 212 Å². The molecule has 0 spiro atoms. The van der Waals surface area contributed by atoms with Crippen molar-refractivity contribution in [3.05, 3.63) is 96.3 Å². The predicted octanol–water partition coefficient (Wildman–Crippen LogP) is 4.72. The van der Waals surface area contributed by atoms with E-state index in [4.69, 9.17) is 4.74 Å². The van der Waals surface area contributed by atoms with E-state index in [0.29, 0.717) is 31.7 Å². The summed E-state index contributed by atoms with van der Waals surface area (Å²) in [6.45, 7) is 1.15. The van der Waals surface area contributed by atoms with Crippen molar-refractivity contribution in [1.82, 2.24) is 9.21 Å². The Balaban J connectivity index is 1.56. The highest BCUT2D eigenvalue weighted by Crippen LogP contribution is 2.37. The van der Waals surface area contributed by atoms with Crippen LogP contribution in [-0.2, 0) is 21.4 Å². The lowest BCUT2D eigenvalue weighted by Crippen LogP contribution is -2.50. The van der Waals surface area contributed by atoms with E-state index in [2.05, 4.69) is 0 Å². The minimum Gasteiger partial charge on any atom is -0.493 e. The van der Waals surface area contributed by atoms with E-state index in [1.807, 2.05) is 60.7 Å². The Hall–Kier alpha value is -3.23. The molecule has 1 atom stereocenters. The number of halogens is 1. The molecular formula is C28H31FN2O4S. The van der Waals surface area contributed by atoms with Crippen LogP contribution in [0.15, 0.2) is 89.8 Å². The van der Waals surface area contributed by atoms with Gasteiger partial charge in [0.05, 0.1) is 11.5 Å². The number of sulfonamides is 1. The average molecular weight is 511 g/mol. The minimum absolute atomic E-state index is 0.0381. The molecule has 1 aliphatic rings. The molecule has 0 aliphatic carbocycles. The molecule has 36 heavy (non-hydrogen) atoms. The molecule has 0 aromatic heterocycles. The molecule has 190 valence electrons. The summed E-state index contributed by atoms with van der Waals surface area (Å²) >= 11 is 0. The molecule has 1 aliphatic heterocycles. The number of ether oxygens (including phenoxy) is 1. The van der Waals surface area contributed by atoms with Gasteiger partial charge in [0.1, 0.15) is 11.6 Å². The number of carbonyl (C=O) groups excluding carboxylic acids is 1. The first-order chi connectivity index (χ1) is 17.3. The van der Waals surface area contributed by atoms with Crippen molar-refractivity contribution in [2.45, 2.75) is 30.7 Å². The lowest BCUT2D eigenvalue weighted by Gasteiger charge is -2.42. The van der Waals surface area contributed by atoms with Crippen LogP contribution >= 0.6 is 0 Å². The van der Waals surface area contributed by atoms with Crippen LogP contribution in [0.4, 0.5) is 4.39 Å². The molecule has 0 saturated carbocycles. The van der Waals surface area contributed by atoms with E-state index in [-0.39, 0.29) is 30.4 Å². The van der Waals surface area contributed by atoms with E-state index < -0.39 is 21.3 Å². The van der Waals surface area contributed by atoms with Gasteiger partial charge in [0, 0.05) is 38.5 Å². The Kier molecular flexibility index (Phi) is 8.06. The molecule has 0 unspecified atom stereocenters. The Bertz CT molecular complexity index is 1250. The van der Waals surface area contributed by atoms with Crippen LogP contribution in [-0.4, -0.2) is 50.3 Å². The molecule has 3 aromatic rings. The largest absolute Gasteiger partial charge is 0.493 e. The van der Waals surface area contributed by atoms with Crippen molar-refractivity contribution < 1.29 is 22.3 Å². The number of carbonyl (C=O) groups is 1. The molecule has 4 rings (SSSR count). The number of hydrogen-bond donors (Lipinski definition) is 0. The van der Waals surface area contributed by atoms with Gasteiger partial charge >= 0.3 is 0 Å². The van der Waals surface area contributed by atoms with Gasteiger partial charge in [0.25, 0.3) is 0 Å². The minimum atomic E-state index is -3.85. The maximum absolute atomic E-state index is 13.4. The van der Waals surface area contributed by atoms with Gasteiger partial charge in [-0.15, -0.1) is 0 Å². The number of rotatable bonds is 9. The molecule has 1 heterocycles. The highest BCUT2D eigenvalue weighted by Gasteiger charge is 2.43. The van der Waals surface area contributed by atoms with E-state index >= 15 is 0 Å². The van der Waals surface area contributed by atoms with Crippen molar-refractivity contribution in [3.63, 3.8) is 0 Å². The van der Waals surface area contributed by atoms with Gasteiger partial charge in [-0.05, 0) is 54.8 Å². The van der Waals surface area contributed by atoms with Gasteiger partial charge in [0.15, 0.2) is 0 Å². The molecule has 0 radical (unpaired) electrons. The number of para-hydroxylation sites is 1. The Morgan fingerprint density at radius 3 is 2.31 bits per heavy atom. The quantitative estimate of drug-likeness (QED) is 0.418. The first kappa shape index (κ1) is 25.9. The zero-order valence-corrected chi connectivity index (χ0v) is 21.2. The SMILES string of the molecule is CN(Cc1ccccc1)C(=O)C[C@@]1(COc2ccccc2)CCCN(S(=O)(=O)c2ccc(F)cc2)C1. The van der Waals surface area contributed by atoms with Crippen LogP contribution in [0, 0.1) is 11.2 Å². The molecule has 1 fully saturated rings. The summed E-state index contributed by atoms with van der Waals surface area (Å²) in [7, 11) is -2.09. The van der Waals surface area contributed by atoms with Crippen LogP contribution < -0.4 is 4.74 Å². The highest BCUT2D eigenvalue weighted by atomic mass is 32.2. The van der Waals surface area contributed by atoms with Gasteiger partial charge in [-0.25, -0.2) is 12.8 Å². The van der Waals surface area contributed by atoms with Crippen LogP contribution in [0.2, 0.25) is 0 Å². The second-order valence-electron chi connectivity index (χ2n) is 9.41. The standard InChI is InChI=1S/C28H31FN2O4S/c1-30(20-23-9-4-2-5-10-23)27(32)19-28(22-35-25-11-6-3-7-12-25)17-8-18-31(21-28)36(33,34)26-15-13-24(29)14-16-26/h2-7,9-16H,8,17-22H2,1H3/t28-/m0/s1. The van der Waals surface area contributed by atoms with E-state index in [1.54, 1.807) is 11.9 Å². The molecule has 0 N–H and O–H groups in total. The summed E-state index contributed by atoms with van der Waals surface area (Å²) in [5.74, 6) is 0.0993. The van der Waals surface area contributed by atoms with Crippen molar-refractivity contribution in [3.8, 4) is 5.75 Å². The lowest BCUT2D eigenvalue weighted by atomic mass is 9.78. The van der Waals surface area contributed by atoms with Crippen LogP contribution in [0.25, 0.3) is 0 Å². The van der Waals surface area contributed by atoms with Gasteiger partial charge < -0.3 is 9.64 Å². The number of hydrogen-bond acceptors (Lipinski definition) is 4. The third kappa shape index (κ3) is 6.30. The van der Waals surface area contributed by atoms with Crippen molar-refractivity contribution >= 4 is 15.9 Å². The Morgan fingerprint density at radius 2 is 1.64 bits per heavy atom. The van der Waals surface area contributed by atoms with Crippen LogP contribution in [0.3, 0.4) is 0 Å². The zero-order chi connectivity index (χ0) is 25.6. The molecule has 6 nitrogen and oxygen atoms in total. The zero-order valence-electron chi connectivity index (χ0n) is 20.3. The van der Waals surface area contributed by atoms with Crippen LogP contribution in [0.5, 0.6) is 5.75 Å². The summed E-state index contributed by atoms with van der Waals surface area (Å²) in [6, 6.07) is 23.9. The van der Waals surface area contributed by atoms with Gasteiger partial charge in [-0.3, -0.25) is 4.79 Å². The normalized spacial score (nSPS) is 18.5. The number of benzene rings is 3. The fourth-order valence-corrected chi connectivity index (χ4v) is 6.18. The second-order valence-corrected chi connectivity index (χ2v) is 11.3. The van der Waals surface area contributed by atoms with Gasteiger partial charge in [-0.2, -0.15) is 4.31 Å². The first-order valence-corrected chi connectivity index (χ1v) is 13.4. The summed E-state index contributed by atoms with van der Waals surface area (Å²) < 4.78 is 47.7. The van der Waals surface area contributed by atoms with E-state index in [9.17, 15) is 17.6 Å². The van der Waals surface area contributed by atoms with Crippen molar-refractivity contribution in [2.75, 3.05) is 26.7 Å². The second kappa shape index (κ2) is 11.2. The van der Waals surface area contributed by atoms with Crippen LogP contribution in [0.1, 0.15) is 24.8 Å². The summed E-state index contributed by atoms with van der Waals surface area (Å²) in [6.07, 6.45) is 1.40. The third-order valence-electron chi connectivity index (χ3n) is 6.58. The molecule has 0 bridgehead atoms. The fourth-order valence-electron chi connectivity index (χ4n) is 4.59. The third-order valence-corrected chi connectivity index (χ3v) is 8.44. The molecule has 1 saturated heterocycles. The first-order valence-electron chi connectivity index (χ1n) is 12.0. The van der Waals surface area contributed by atoms with Gasteiger partial charge in [0.2, 0.25) is 15.9 Å². The van der Waals surface area contributed by atoms with Gasteiger partial charge in [-0.1, -0.05) is 48.5 Å². The average Bonchev–Trinajstić information content (AvgIpc) is 2.89. The fraction of sp³-hybridized carbons (Fsp3) is 0.321. The Morgan fingerprint density at radius 1 is 1.00 bits per heavy atom. The van der Waals surface area contributed by atoms with Crippen molar-refractivity contribution in [2.24, 2.45) is 5.41 Å². The predicted molar refractivity (Wildman–Crippen MR) is 136 cm³/mol. The molecule has 1 amide bonds. The summed E-state index contributed by atoms with van der Waals surface area (Å²) in [4.78, 5) is 15.1. The number of nitrogens with zero attached hydrogens (tertiary/aromatic N) is 2. The van der Waals surface area contributed by atoms with E-state index in [1.165, 1.54) is 16.4 Å². The number of amides is 1. The van der Waals surface area contributed by atoms with Crippen molar-refractivity contribution in [1.29, 1.82) is 0 Å².